The first-order valence-corrected chi connectivity index (χ1v) is 9.62. The van der Waals surface area contributed by atoms with Crippen molar-refractivity contribution in [3.8, 4) is 0 Å². The van der Waals surface area contributed by atoms with Crippen LogP contribution in [0.1, 0.15) is 43.4 Å². The Balaban J connectivity index is 2.14. The normalized spacial score (nSPS) is 18.7. The van der Waals surface area contributed by atoms with Gasteiger partial charge in [0.05, 0.1) is 11.6 Å². The number of rotatable bonds is 6. The summed E-state index contributed by atoms with van der Waals surface area (Å²) in [6.07, 6.45) is 2.51. The van der Waals surface area contributed by atoms with Crippen LogP contribution in [0.4, 0.5) is 4.39 Å². The molecule has 1 atom stereocenters. The molecule has 1 fully saturated rings. The van der Waals surface area contributed by atoms with Gasteiger partial charge >= 0.3 is 0 Å². The summed E-state index contributed by atoms with van der Waals surface area (Å²) in [6, 6.07) is 11.3. The van der Waals surface area contributed by atoms with Gasteiger partial charge in [0, 0.05) is 22.7 Å². The Morgan fingerprint density at radius 2 is 1.79 bits per heavy atom. The monoisotopic (exact) mass is 401 g/mol. The van der Waals surface area contributed by atoms with E-state index in [4.69, 9.17) is 11.6 Å². The van der Waals surface area contributed by atoms with E-state index >= 15 is 0 Å². The standard InChI is InChI=1S/C22H21ClFNO3/c1-2-3-6-13-25-19(16-7-4-5-8-17(16)24)18(21(27)22(25)28)20(26)14-9-11-15(23)12-10-14/h4-5,7-12,19,26H,2-3,6,13H2,1H3/b20-18-. The molecule has 6 heteroatoms. The summed E-state index contributed by atoms with van der Waals surface area (Å²) >= 11 is 5.89. The number of hydrogen-bond donors (Lipinski definition) is 1. The average molecular weight is 402 g/mol. The van der Waals surface area contributed by atoms with Crippen LogP contribution in [0, 0.1) is 5.82 Å². The molecule has 0 saturated carbocycles. The Kier molecular flexibility index (Phi) is 6.15. The smallest absolute Gasteiger partial charge is 0.295 e. The number of halogens is 2. The van der Waals surface area contributed by atoms with Crippen molar-refractivity contribution in [1.29, 1.82) is 0 Å². The van der Waals surface area contributed by atoms with Crippen LogP contribution in [-0.2, 0) is 9.59 Å². The van der Waals surface area contributed by atoms with Gasteiger partial charge in [-0.15, -0.1) is 0 Å². The minimum absolute atomic E-state index is 0.103. The maximum Gasteiger partial charge on any atom is 0.295 e. The van der Waals surface area contributed by atoms with Crippen LogP contribution in [-0.4, -0.2) is 28.2 Å². The van der Waals surface area contributed by atoms with Crippen LogP contribution in [0.5, 0.6) is 0 Å². The summed E-state index contributed by atoms with van der Waals surface area (Å²) in [4.78, 5) is 26.8. The fraction of sp³-hybridized carbons (Fsp3) is 0.273. The number of amides is 1. The second-order valence-corrected chi connectivity index (χ2v) is 7.16. The zero-order chi connectivity index (χ0) is 20.3. The first-order chi connectivity index (χ1) is 13.5. The molecule has 1 aliphatic heterocycles. The fourth-order valence-corrected chi connectivity index (χ4v) is 3.55. The molecule has 1 N–H and O–H groups in total. The maximum absolute atomic E-state index is 14.6. The second kappa shape index (κ2) is 8.57. The third-order valence-electron chi connectivity index (χ3n) is 4.86. The molecule has 2 aromatic carbocycles. The van der Waals surface area contributed by atoms with Crippen molar-refractivity contribution in [2.75, 3.05) is 6.54 Å². The molecule has 146 valence electrons. The van der Waals surface area contributed by atoms with Gasteiger partial charge in [-0.25, -0.2) is 4.39 Å². The first-order valence-electron chi connectivity index (χ1n) is 9.24. The average Bonchev–Trinajstić information content (AvgIpc) is 2.93. The van der Waals surface area contributed by atoms with E-state index < -0.39 is 23.5 Å². The first kappa shape index (κ1) is 20.1. The minimum atomic E-state index is -0.964. The molecule has 28 heavy (non-hydrogen) atoms. The summed E-state index contributed by atoms with van der Waals surface area (Å²) in [5, 5.41) is 11.3. The molecule has 1 amide bonds. The molecule has 0 radical (unpaired) electrons. The van der Waals surface area contributed by atoms with Gasteiger partial charge in [0.2, 0.25) is 0 Å². The molecule has 0 bridgehead atoms. The highest BCUT2D eigenvalue weighted by Gasteiger charge is 2.46. The number of nitrogens with zero attached hydrogens (tertiary/aromatic N) is 1. The Hall–Kier alpha value is -2.66. The summed E-state index contributed by atoms with van der Waals surface area (Å²) < 4.78 is 14.6. The Morgan fingerprint density at radius 3 is 2.43 bits per heavy atom. The number of hydrogen-bond acceptors (Lipinski definition) is 3. The lowest BCUT2D eigenvalue weighted by molar-refractivity contribution is -0.139. The summed E-state index contributed by atoms with van der Waals surface area (Å²) in [7, 11) is 0. The van der Waals surface area contributed by atoms with Gasteiger partial charge in [-0.3, -0.25) is 9.59 Å². The van der Waals surface area contributed by atoms with Crippen LogP contribution in [0.25, 0.3) is 5.76 Å². The molecule has 0 aromatic heterocycles. The van der Waals surface area contributed by atoms with Gasteiger partial charge < -0.3 is 10.0 Å². The molecule has 1 unspecified atom stereocenters. The van der Waals surface area contributed by atoms with Crippen molar-refractivity contribution >= 4 is 29.1 Å². The van der Waals surface area contributed by atoms with Gasteiger partial charge in [0.25, 0.3) is 11.7 Å². The molecule has 4 nitrogen and oxygen atoms in total. The Labute approximate surface area is 168 Å². The van der Waals surface area contributed by atoms with E-state index in [1.807, 2.05) is 6.92 Å². The molecule has 0 aliphatic carbocycles. The number of aliphatic hydroxyl groups excluding tert-OH is 1. The highest BCUT2D eigenvalue weighted by Crippen LogP contribution is 2.40. The summed E-state index contributed by atoms with van der Waals surface area (Å²) in [5.74, 6) is -2.39. The van der Waals surface area contributed by atoms with Crippen LogP contribution >= 0.6 is 11.6 Å². The number of aliphatic hydroxyl groups is 1. The van der Waals surface area contributed by atoms with Crippen LogP contribution < -0.4 is 0 Å². The predicted molar refractivity (Wildman–Crippen MR) is 106 cm³/mol. The fourth-order valence-electron chi connectivity index (χ4n) is 3.43. The third-order valence-corrected chi connectivity index (χ3v) is 5.11. The number of benzene rings is 2. The number of likely N-dealkylation sites (tertiary alicyclic amines) is 1. The highest BCUT2D eigenvalue weighted by molar-refractivity contribution is 6.46. The lowest BCUT2D eigenvalue weighted by Gasteiger charge is -2.25. The molecular weight excluding hydrogens is 381 g/mol. The van der Waals surface area contributed by atoms with Crippen LogP contribution in [0.2, 0.25) is 5.02 Å². The van der Waals surface area contributed by atoms with Crippen molar-refractivity contribution in [1.82, 2.24) is 4.90 Å². The van der Waals surface area contributed by atoms with Crippen LogP contribution in [0.3, 0.4) is 0 Å². The van der Waals surface area contributed by atoms with E-state index in [-0.39, 0.29) is 16.9 Å². The van der Waals surface area contributed by atoms with Gasteiger partial charge in [-0.05, 0) is 36.8 Å². The Bertz CT molecular complexity index is 924. The SMILES string of the molecule is CCCCCN1C(=O)C(=O)/C(=C(\O)c2ccc(Cl)cc2)C1c1ccccc1F. The zero-order valence-electron chi connectivity index (χ0n) is 15.5. The highest BCUT2D eigenvalue weighted by atomic mass is 35.5. The van der Waals surface area contributed by atoms with E-state index in [1.165, 1.54) is 17.0 Å². The van der Waals surface area contributed by atoms with Crippen molar-refractivity contribution in [2.24, 2.45) is 0 Å². The van der Waals surface area contributed by atoms with Crippen molar-refractivity contribution in [3.63, 3.8) is 0 Å². The topological polar surface area (TPSA) is 57.6 Å². The lowest BCUT2D eigenvalue weighted by atomic mass is 9.95. The maximum atomic E-state index is 14.6. The Morgan fingerprint density at radius 1 is 1.11 bits per heavy atom. The van der Waals surface area contributed by atoms with E-state index in [2.05, 4.69) is 0 Å². The molecule has 0 spiro atoms. The van der Waals surface area contributed by atoms with Gasteiger partial charge in [0.1, 0.15) is 11.6 Å². The largest absolute Gasteiger partial charge is 0.507 e. The molecule has 2 aromatic rings. The number of carbonyl (C=O) groups excluding carboxylic acids is 2. The van der Waals surface area contributed by atoms with Crippen molar-refractivity contribution in [2.45, 2.75) is 32.2 Å². The summed E-state index contributed by atoms with van der Waals surface area (Å²) in [5.41, 5.74) is 0.430. The molecule has 1 heterocycles. The van der Waals surface area contributed by atoms with E-state index in [9.17, 15) is 19.1 Å². The number of unbranched alkanes of at least 4 members (excludes halogenated alkanes) is 2. The van der Waals surface area contributed by atoms with Gasteiger partial charge in [-0.1, -0.05) is 49.6 Å². The lowest BCUT2D eigenvalue weighted by Crippen LogP contribution is -2.31. The number of ketones is 1. The van der Waals surface area contributed by atoms with E-state index in [0.717, 1.165) is 12.8 Å². The predicted octanol–water partition coefficient (Wildman–Crippen LogP) is 5.09. The van der Waals surface area contributed by atoms with Crippen LogP contribution in [0.15, 0.2) is 54.1 Å². The van der Waals surface area contributed by atoms with Gasteiger partial charge in [-0.2, -0.15) is 0 Å². The second-order valence-electron chi connectivity index (χ2n) is 6.73. The van der Waals surface area contributed by atoms with E-state index in [1.54, 1.807) is 36.4 Å². The van der Waals surface area contributed by atoms with E-state index in [0.29, 0.717) is 23.6 Å². The minimum Gasteiger partial charge on any atom is -0.507 e. The third kappa shape index (κ3) is 3.80. The van der Waals surface area contributed by atoms with Gasteiger partial charge in [0.15, 0.2) is 0 Å². The van der Waals surface area contributed by atoms with Crippen molar-refractivity contribution < 1.29 is 19.1 Å². The number of Topliss-reactive ketones (excluding diaryl/α,β-unsaturated/α-hetero) is 1. The molecule has 1 aliphatic rings. The summed E-state index contributed by atoms with van der Waals surface area (Å²) in [6.45, 7) is 2.35. The molecule has 1 saturated heterocycles. The number of carbonyl (C=O) groups is 2. The zero-order valence-corrected chi connectivity index (χ0v) is 16.2. The molecular formula is C22H21ClFNO3. The van der Waals surface area contributed by atoms with Crippen molar-refractivity contribution in [3.05, 3.63) is 76.1 Å². The molecule has 3 rings (SSSR count). The quantitative estimate of drug-likeness (QED) is 0.317.